The quantitative estimate of drug-likeness (QED) is 0.745. The van der Waals surface area contributed by atoms with Gasteiger partial charge in [0, 0.05) is 13.1 Å². The molecule has 0 heterocycles. The highest BCUT2D eigenvalue weighted by Gasteiger charge is 2.07. The number of nitrogens with two attached hydrogens (primary N) is 1. The first-order valence-electron chi connectivity index (χ1n) is 5.92. The van der Waals surface area contributed by atoms with Crippen LogP contribution in [-0.4, -0.2) is 21.0 Å². The summed E-state index contributed by atoms with van der Waals surface area (Å²) in [5.41, 5.74) is 0.798. The summed E-state index contributed by atoms with van der Waals surface area (Å²) in [5, 5.41) is 10.4. The molecule has 0 aliphatic rings. The van der Waals surface area contributed by atoms with Gasteiger partial charge >= 0.3 is 6.03 Å². The highest BCUT2D eigenvalue weighted by atomic mass is 32.2. The van der Waals surface area contributed by atoms with Gasteiger partial charge in [0.1, 0.15) is 0 Å². The lowest BCUT2D eigenvalue weighted by Crippen LogP contribution is -2.37. The molecular weight excluding hydrogens is 266 g/mol. The van der Waals surface area contributed by atoms with E-state index in [9.17, 15) is 13.2 Å². The fourth-order valence-electron chi connectivity index (χ4n) is 1.34. The second-order valence-electron chi connectivity index (χ2n) is 4.65. The number of hydrogen-bond donors (Lipinski definition) is 3. The molecule has 1 aromatic carbocycles. The molecule has 0 aromatic heterocycles. The smallest absolute Gasteiger partial charge is 0.315 e. The number of amides is 2. The van der Waals surface area contributed by atoms with E-state index in [2.05, 4.69) is 10.6 Å². The summed E-state index contributed by atoms with van der Waals surface area (Å²) in [6.45, 7) is 4.95. The van der Waals surface area contributed by atoms with Crippen molar-refractivity contribution in [3.8, 4) is 0 Å². The van der Waals surface area contributed by atoms with Gasteiger partial charge in [-0.25, -0.2) is 18.4 Å². The molecule has 0 spiro atoms. The normalized spacial score (nSPS) is 11.4. The van der Waals surface area contributed by atoms with E-state index in [0.717, 1.165) is 5.56 Å². The molecular formula is C12H19N3O3S. The van der Waals surface area contributed by atoms with Crippen molar-refractivity contribution in [2.24, 2.45) is 11.1 Å². The lowest BCUT2D eigenvalue weighted by Gasteiger charge is -2.09. The number of urea groups is 1. The van der Waals surface area contributed by atoms with Crippen molar-refractivity contribution in [3.63, 3.8) is 0 Å². The zero-order chi connectivity index (χ0) is 14.5. The Labute approximate surface area is 113 Å². The molecule has 19 heavy (non-hydrogen) atoms. The maximum atomic E-state index is 11.4. The van der Waals surface area contributed by atoms with Gasteiger partial charge in [0.2, 0.25) is 10.0 Å². The Morgan fingerprint density at radius 1 is 1.21 bits per heavy atom. The van der Waals surface area contributed by atoms with Gasteiger partial charge < -0.3 is 10.6 Å². The average molecular weight is 285 g/mol. The van der Waals surface area contributed by atoms with E-state index in [1.54, 1.807) is 12.1 Å². The third-order valence-electron chi connectivity index (χ3n) is 2.38. The van der Waals surface area contributed by atoms with E-state index in [0.29, 0.717) is 19.0 Å². The second kappa shape index (κ2) is 6.53. The van der Waals surface area contributed by atoms with Crippen molar-refractivity contribution in [1.82, 2.24) is 10.6 Å². The number of hydrogen-bond acceptors (Lipinski definition) is 3. The molecule has 0 aliphatic carbocycles. The molecule has 106 valence electrons. The van der Waals surface area contributed by atoms with Crippen LogP contribution in [-0.2, 0) is 16.6 Å². The van der Waals surface area contributed by atoms with Crippen molar-refractivity contribution >= 4 is 16.1 Å². The number of carbonyl (C=O) groups excluding carboxylic acids is 1. The lowest BCUT2D eigenvalue weighted by atomic mass is 10.2. The van der Waals surface area contributed by atoms with Crippen LogP contribution in [0.25, 0.3) is 0 Å². The minimum atomic E-state index is -3.67. The summed E-state index contributed by atoms with van der Waals surface area (Å²) in [6, 6.07) is 5.81. The number of rotatable bonds is 5. The third kappa shape index (κ3) is 5.71. The number of primary sulfonamides is 1. The highest BCUT2D eigenvalue weighted by Crippen LogP contribution is 2.08. The van der Waals surface area contributed by atoms with Gasteiger partial charge in [-0.1, -0.05) is 26.0 Å². The molecule has 2 amide bonds. The van der Waals surface area contributed by atoms with Gasteiger partial charge in [0.25, 0.3) is 0 Å². The van der Waals surface area contributed by atoms with Crippen molar-refractivity contribution in [2.45, 2.75) is 25.3 Å². The van der Waals surface area contributed by atoms with Gasteiger partial charge in [-0.15, -0.1) is 0 Å². The van der Waals surface area contributed by atoms with Crippen molar-refractivity contribution in [3.05, 3.63) is 29.8 Å². The molecule has 0 radical (unpaired) electrons. The third-order valence-corrected chi connectivity index (χ3v) is 3.31. The molecule has 0 atom stereocenters. The maximum absolute atomic E-state index is 11.4. The van der Waals surface area contributed by atoms with Crippen LogP contribution in [0.1, 0.15) is 19.4 Å². The minimum Gasteiger partial charge on any atom is -0.338 e. The van der Waals surface area contributed by atoms with Crippen LogP contribution in [0.15, 0.2) is 29.2 Å². The van der Waals surface area contributed by atoms with Crippen molar-refractivity contribution in [1.29, 1.82) is 0 Å². The lowest BCUT2D eigenvalue weighted by molar-refractivity contribution is 0.239. The number of carbonyl (C=O) groups is 1. The standard InChI is InChI=1S/C12H19N3O3S/c1-9(2)7-14-12(16)15-8-10-3-5-11(6-4-10)19(13,17)18/h3-6,9H,7-8H2,1-2H3,(H2,13,17,18)(H2,14,15,16). The first-order valence-corrected chi connectivity index (χ1v) is 7.47. The Morgan fingerprint density at radius 3 is 2.26 bits per heavy atom. The van der Waals surface area contributed by atoms with E-state index < -0.39 is 10.0 Å². The van der Waals surface area contributed by atoms with Gasteiger partial charge in [-0.05, 0) is 23.6 Å². The zero-order valence-electron chi connectivity index (χ0n) is 11.0. The fraction of sp³-hybridized carbons (Fsp3) is 0.417. The maximum Gasteiger partial charge on any atom is 0.315 e. The first-order chi connectivity index (χ1) is 8.79. The SMILES string of the molecule is CC(C)CNC(=O)NCc1ccc(S(N)(=O)=O)cc1. The van der Waals surface area contributed by atoms with Crippen LogP contribution in [0, 0.1) is 5.92 Å². The zero-order valence-corrected chi connectivity index (χ0v) is 11.8. The number of nitrogens with one attached hydrogen (secondary N) is 2. The highest BCUT2D eigenvalue weighted by molar-refractivity contribution is 7.89. The van der Waals surface area contributed by atoms with E-state index in [4.69, 9.17) is 5.14 Å². The fourth-order valence-corrected chi connectivity index (χ4v) is 1.85. The summed E-state index contributed by atoms with van der Waals surface area (Å²) in [4.78, 5) is 11.5. The summed E-state index contributed by atoms with van der Waals surface area (Å²) in [7, 11) is -3.67. The Balaban J connectivity index is 2.48. The topological polar surface area (TPSA) is 101 Å². The first kappa shape index (κ1) is 15.5. The molecule has 1 aromatic rings. The van der Waals surface area contributed by atoms with Crippen molar-refractivity contribution < 1.29 is 13.2 Å². The summed E-state index contributed by atoms with van der Waals surface area (Å²) in [6.07, 6.45) is 0. The predicted octanol–water partition coefficient (Wildman–Crippen LogP) is 0.789. The molecule has 0 saturated carbocycles. The second-order valence-corrected chi connectivity index (χ2v) is 6.21. The van der Waals surface area contributed by atoms with Crippen LogP contribution in [0.2, 0.25) is 0 Å². The van der Waals surface area contributed by atoms with Gasteiger partial charge in [0.15, 0.2) is 0 Å². The molecule has 1 rings (SSSR count). The Hall–Kier alpha value is -1.60. The molecule has 4 N–H and O–H groups in total. The molecule has 0 bridgehead atoms. The largest absolute Gasteiger partial charge is 0.338 e. The van der Waals surface area contributed by atoms with Crippen molar-refractivity contribution in [2.75, 3.05) is 6.54 Å². The van der Waals surface area contributed by atoms with Gasteiger partial charge in [-0.3, -0.25) is 0 Å². The Kier molecular flexibility index (Phi) is 5.31. The Morgan fingerprint density at radius 2 is 1.79 bits per heavy atom. The monoisotopic (exact) mass is 285 g/mol. The van der Waals surface area contributed by atoms with Crippen LogP contribution >= 0.6 is 0 Å². The van der Waals surface area contributed by atoms with Gasteiger partial charge in [-0.2, -0.15) is 0 Å². The summed E-state index contributed by atoms with van der Waals surface area (Å²) in [5.74, 6) is 0.389. The molecule has 7 heteroatoms. The predicted molar refractivity (Wildman–Crippen MR) is 72.9 cm³/mol. The summed E-state index contributed by atoms with van der Waals surface area (Å²) >= 11 is 0. The van der Waals surface area contributed by atoms with E-state index in [1.165, 1.54) is 12.1 Å². The van der Waals surface area contributed by atoms with E-state index >= 15 is 0 Å². The molecule has 6 nitrogen and oxygen atoms in total. The number of benzene rings is 1. The minimum absolute atomic E-state index is 0.0560. The van der Waals surface area contributed by atoms with Crippen LogP contribution in [0.4, 0.5) is 4.79 Å². The molecule has 0 aliphatic heterocycles. The molecule has 0 fully saturated rings. The molecule has 0 unspecified atom stereocenters. The Bertz CT molecular complexity index is 524. The van der Waals surface area contributed by atoms with E-state index in [-0.39, 0.29) is 10.9 Å². The van der Waals surface area contributed by atoms with Crippen LogP contribution in [0.3, 0.4) is 0 Å². The van der Waals surface area contributed by atoms with E-state index in [1.807, 2.05) is 13.8 Å². The summed E-state index contributed by atoms with van der Waals surface area (Å²) < 4.78 is 22.1. The van der Waals surface area contributed by atoms with Gasteiger partial charge in [0.05, 0.1) is 4.90 Å². The van der Waals surface area contributed by atoms with Crippen LogP contribution in [0.5, 0.6) is 0 Å². The van der Waals surface area contributed by atoms with Crippen LogP contribution < -0.4 is 15.8 Å². The number of sulfonamides is 1. The average Bonchev–Trinajstić information content (AvgIpc) is 2.33. The molecule has 0 saturated heterocycles.